The van der Waals surface area contributed by atoms with Gasteiger partial charge in [0.05, 0.1) is 17.1 Å². The van der Waals surface area contributed by atoms with E-state index in [4.69, 9.17) is 0 Å². The molecule has 1 heterocycles. The normalized spacial score (nSPS) is 11.5. The monoisotopic (exact) mass is 200 g/mol. The van der Waals surface area contributed by atoms with Gasteiger partial charge in [0.25, 0.3) is 0 Å². The Morgan fingerprint density at radius 2 is 2.00 bits per heavy atom. The van der Waals surface area contributed by atoms with Crippen LogP contribution < -0.4 is 0 Å². The molecule has 0 atom stereocenters. The predicted molar refractivity (Wildman–Crippen MR) is 49.9 cm³/mol. The predicted octanol–water partition coefficient (Wildman–Crippen LogP) is 0.720. The van der Waals surface area contributed by atoms with Gasteiger partial charge in [0, 0.05) is 18.1 Å². The van der Waals surface area contributed by atoms with Crippen LogP contribution in [0.2, 0.25) is 0 Å². The molecule has 0 aliphatic carbocycles. The Kier molecular flexibility index (Phi) is 2.98. The van der Waals surface area contributed by atoms with Crippen molar-refractivity contribution in [2.24, 2.45) is 0 Å². The summed E-state index contributed by atoms with van der Waals surface area (Å²) >= 11 is 0. The van der Waals surface area contributed by atoms with Crippen molar-refractivity contribution < 1.29 is 8.42 Å². The quantitative estimate of drug-likeness (QED) is 0.721. The van der Waals surface area contributed by atoms with E-state index in [1.165, 1.54) is 6.20 Å². The number of aromatic nitrogens is 2. The van der Waals surface area contributed by atoms with Crippen LogP contribution in [0.1, 0.15) is 18.3 Å². The Bertz CT molecular complexity index is 370. The highest BCUT2D eigenvalue weighted by Crippen LogP contribution is 2.02. The molecule has 0 N–H and O–H groups in total. The van der Waals surface area contributed by atoms with E-state index in [2.05, 4.69) is 9.97 Å². The lowest BCUT2D eigenvalue weighted by Crippen LogP contribution is -2.08. The molecule has 0 radical (unpaired) electrons. The summed E-state index contributed by atoms with van der Waals surface area (Å²) in [5.41, 5.74) is 1.30. The molecule has 72 valence electrons. The molecule has 0 unspecified atom stereocenters. The van der Waals surface area contributed by atoms with Gasteiger partial charge in [0.1, 0.15) is 0 Å². The summed E-state index contributed by atoms with van der Waals surface area (Å²) in [5.74, 6) is 0.124. The van der Waals surface area contributed by atoms with Crippen molar-refractivity contribution in [3.05, 3.63) is 23.8 Å². The lowest BCUT2D eigenvalue weighted by Gasteiger charge is -1.99. The van der Waals surface area contributed by atoms with Crippen molar-refractivity contribution in [2.45, 2.75) is 19.6 Å². The van der Waals surface area contributed by atoms with Crippen LogP contribution in [0.25, 0.3) is 0 Å². The third-order valence-electron chi connectivity index (χ3n) is 1.64. The van der Waals surface area contributed by atoms with Gasteiger partial charge in [-0.3, -0.25) is 9.97 Å². The maximum absolute atomic E-state index is 11.2. The minimum atomic E-state index is -2.99. The maximum atomic E-state index is 11.2. The number of rotatable bonds is 3. The first-order valence-corrected chi connectivity index (χ1v) is 5.83. The largest absolute Gasteiger partial charge is 0.258 e. The molecule has 0 fully saturated rings. The van der Waals surface area contributed by atoms with E-state index in [-0.39, 0.29) is 11.5 Å². The van der Waals surface area contributed by atoms with Gasteiger partial charge in [0.2, 0.25) is 0 Å². The second-order valence-corrected chi connectivity index (χ2v) is 5.18. The lowest BCUT2D eigenvalue weighted by molar-refractivity contribution is 0.595. The van der Waals surface area contributed by atoms with Gasteiger partial charge in [-0.2, -0.15) is 0 Å². The van der Waals surface area contributed by atoms with Crippen molar-refractivity contribution in [1.82, 2.24) is 9.97 Å². The summed E-state index contributed by atoms with van der Waals surface area (Å²) in [4.78, 5) is 7.94. The summed E-state index contributed by atoms with van der Waals surface area (Å²) in [5, 5.41) is 0. The van der Waals surface area contributed by atoms with Gasteiger partial charge in [0.15, 0.2) is 9.84 Å². The van der Waals surface area contributed by atoms with E-state index in [9.17, 15) is 8.42 Å². The van der Waals surface area contributed by atoms with Crippen molar-refractivity contribution in [3.63, 3.8) is 0 Å². The first-order valence-electron chi connectivity index (χ1n) is 4.01. The fraction of sp³-hybridized carbons (Fsp3) is 0.500. The average Bonchev–Trinajstić information content (AvgIpc) is 2.09. The molecule has 0 aliphatic heterocycles. The van der Waals surface area contributed by atoms with Crippen LogP contribution in [-0.4, -0.2) is 24.1 Å². The fourth-order valence-electron chi connectivity index (χ4n) is 0.821. The molecule has 13 heavy (non-hydrogen) atoms. The molecule has 5 heteroatoms. The Labute approximate surface area is 78.0 Å². The van der Waals surface area contributed by atoms with Crippen LogP contribution in [0.5, 0.6) is 0 Å². The van der Waals surface area contributed by atoms with E-state index in [1.807, 2.05) is 6.92 Å². The molecular formula is C8H12N2O2S. The molecule has 4 nitrogen and oxygen atoms in total. The van der Waals surface area contributed by atoms with E-state index in [0.29, 0.717) is 5.69 Å². The zero-order valence-corrected chi connectivity index (χ0v) is 8.50. The highest BCUT2D eigenvalue weighted by atomic mass is 32.2. The van der Waals surface area contributed by atoms with Crippen molar-refractivity contribution in [3.8, 4) is 0 Å². The number of hydrogen-bond donors (Lipinski definition) is 0. The highest BCUT2D eigenvalue weighted by Gasteiger charge is 2.09. The van der Waals surface area contributed by atoms with E-state index < -0.39 is 9.84 Å². The maximum Gasteiger partial charge on any atom is 0.155 e. The van der Waals surface area contributed by atoms with Crippen LogP contribution in [0.15, 0.2) is 12.4 Å². The molecule has 0 spiro atoms. The summed E-state index contributed by atoms with van der Waals surface area (Å²) in [6.07, 6.45) is 3.07. The van der Waals surface area contributed by atoms with Gasteiger partial charge in [-0.15, -0.1) is 0 Å². The number of nitrogens with zero attached hydrogens (tertiary/aromatic N) is 2. The van der Waals surface area contributed by atoms with Gasteiger partial charge in [-0.1, -0.05) is 6.92 Å². The van der Waals surface area contributed by atoms with E-state index in [1.54, 1.807) is 13.1 Å². The molecule has 0 saturated carbocycles. The summed E-state index contributed by atoms with van der Waals surface area (Å²) < 4.78 is 22.4. The Morgan fingerprint density at radius 1 is 1.31 bits per heavy atom. The van der Waals surface area contributed by atoms with Crippen molar-refractivity contribution in [2.75, 3.05) is 5.75 Å². The second-order valence-electron chi connectivity index (χ2n) is 2.83. The summed E-state index contributed by atoms with van der Waals surface area (Å²) in [6.45, 7) is 3.43. The SMILES string of the molecule is CCS(=O)(=O)Cc1cnc(C)cn1. The first kappa shape index (κ1) is 10.1. The molecule has 1 rings (SSSR count). The molecule has 1 aromatic heterocycles. The summed E-state index contributed by atoms with van der Waals surface area (Å²) in [7, 11) is -2.99. The van der Waals surface area contributed by atoms with Crippen LogP contribution in [0.3, 0.4) is 0 Å². The van der Waals surface area contributed by atoms with Crippen molar-refractivity contribution in [1.29, 1.82) is 0 Å². The van der Waals surface area contributed by atoms with Crippen LogP contribution >= 0.6 is 0 Å². The minimum Gasteiger partial charge on any atom is -0.258 e. The number of hydrogen-bond acceptors (Lipinski definition) is 4. The van der Waals surface area contributed by atoms with E-state index in [0.717, 1.165) is 5.69 Å². The topological polar surface area (TPSA) is 59.9 Å². The summed E-state index contributed by atoms with van der Waals surface area (Å²) in [6, 6.07) is 0. The third-order valence-corrected chi connectivity index (χ3v) is 3.26. The third kappa shape index (κ3) is 3.10. The molecule has 0 amide bonds. The minimum absolute atomic E-state index is 0.0171. The van der Waals surface area contributed by atoms with Crippen molar-refractivity contribution >= 4 is 9.84 Å². The average molecular weight is 200 g/mol. The zero-order chi connectivity index (χ0) is 9.90. The van der Waals surface area contributed by atoms with Gasteiger partial charge >= 0.3 is 0 Å². The van der Waals surface area contributed by atoms with Crippen LogP contribution in [0, 0.1) is 6.92 Å². The molecule has 0 aliphatic rings. The Balaban J connectivity index is 2.82. The molecule has 0 aromatic carbocycles. The molecular weight excluding hydrogens is 188 g/mol. The molecule has 1 aromatic rings. The smallest absolute Gasteiger partial charge is 0.155 e. The van der Waals surface area contributed by atoms with Gasteiger partial charge in [-0.25, -0.2) is 8.42 Å². The van der Waals surface area contributed by atoms with Crippen LogP contribution in [0.4, 0.5) is 0 Å². The van der Waals surface area contributed by atoms with Gasteiger partial charge < -0.3 is 0 Å². The zero-order valence-electron chi connectivity index (χ0n) is 7.69. The Hall–Kier alpha value is -0.970. The molecule has 0 saturated heterocycles. The van der Waals surface area contributed by atoms with E-state index >= 15 is 0 Å². The standard InChI is InChI=1S/C8H12N2O2S/c1-3-13(11,12)6-8-5-9-7(2)4-10-8/h4-5H,3,6H2,1-2H3. The number of sulfone groups is 1. The Morgan fingerprint density at radius 3 is 2.46 bits per heavy atom. The number of aryl methyl sites for hydroxylation is 1. The highest BCUT2D eigenvalue weighted by molar-refractivity contribution is 7.90. The fourth-order valence-corrected chi connectivity index (χ4v) is 1.63. The van der Waals surface area contributed by atoms with Crippen LogP contribution in [-0.2, 0) is 15.6 Å². The molecule has 0 bridgehead atoms. The lowest BCUT2D eigenvalue weighted by atomic mass is 10.4. The van der Waals surface area contributed by atoms with Gasteiger partial charge in [-0.05, 0) is 6.92 Å². The second kappa shape index (κ2) is 3.83. The first-order chi connectivity index (χ1) is 6.03.